The molecule has 6 nitrogen and oxygen atoms in total. The number of fused-ring (bicyclic) bond motifs is 1. The van der Waals surface area contributed by atoms with Gasteiger partial charge in [0.05, 0.1) is 11.6 Å². The highest BCUT2D eigenvalue weighted by atomic mass is 19.1. The minimum Gasteiger partial charge on any atom is -0.457 e. The molecule has 0 aliphatic carbocycles. The van der Waals surface area contributed by atoms with Crippen LogP contribution in [0.2, 0.25) is 0 Å². The molecular weight excluding hydrogens is 407 g/mol. The van der Waals surface area contributed by atoms with Crippen molar-refractivity contribution in [2.75, 3.05) is 17.6 Å². The van der Waals surface area contributed by atoms with Crippen LogP contribution in [0.5, 0.6) is 11.5 Å². The molecule has 0 amide bonds. The molecule has 1 atom stereocenters. The lowest BCUT2D eigenvalue weighted by molar-refractivity contribution is 0.112. The van der Waals surface area contributed by atoms with Crippen molar-refractivity contribution in [1.82, 2.24) is 9.78 Å². The van der Waals surface area contributed by atoms with Crippen molar-refractivity contribution in [1.29, 1.82) is 0 Å². The molecule has 0 saturated heterocycles. The Morgan fingerprint density at radius 3 is 2.41 bits per heavy atom. The molecule has 0 radical (unpaired) electrons. The second-order valence-electron chi connectivity index (χ2n) is 7.61. The van der Waals surface area contributed by atoms with E-state index in [9.17, 15) is 9.18 Å². The largest absolute Gasteiger partial charge is 0.457 e. The lowest BCUT2D eigenvalue weighted by Crippen LogP contribution is -2.25. The number of aromatic nitrogens is 2. The van der Waals surface area contributed by atoms with Crippen LogP contribution in [-0.2, 0) is 0 Å². The molecule has 1 aliphatic heterocycles. The zero-order valence-electron chi connectivity index (χ0n) is 17.2. The first-order valence-corrected chi connectivity index (χ1v) is 10.3. The van der Waals surface area contributed by atoms with Crippen LogP contribution >= 0.6 is 0 Å². The molecule has 0 fully saturated rings. The van der Waals surface area contributed by atoms with Crippen molar-refractivity contribution in [3.63, 3.8) is 0 Å². The number of ether oxygens (including phenoxy) is 1. The highest BCUT2D eigenvalue weighted by Gasteiger charge is 2.28. The van der Waals surface area contributed by atoms with Gasteiger partial charge in [0.1, 0.15) is 28.8 Å². The summed E-state index contributed by atoms with van der Waals surface area (Å²) in [5.74, 6) is 1.52. The summed E-state index contributed by atoms with van der Waals surface area (Å²) in [6, 6.07) is 20.8. The second kappa shape index (κ2) is 8.19. The standard InChI is InChI=1S/C25H21FN4O2/c26-17-7-11-19(12-8-17)32-18-9-5-16(6-10-18)24-21(15-31)25-28-14-13-23(30(25)29-24)20-3-1-2-4-22(20)27/h1-12,15,23,28H,13-14,27H2. The molecule has 32 heavy (non-hydrogen) atoms. The predicted molar refractivity (Wildman–Crippen MR) is 122 cm³/mol. The summed E-state index contributed by atoms with van der Waals surface area (Å²) in [6.45, 7) is 0.718. The predicted octanol–water partition coefficient (Wildman–Crippen LogP) is 5.28. The molecule has 1 aromatic heterocycles. The smallest absolute Gasteiger partial charge is 0.156 e. The number of rotatable bonds is 5. The van der Waals surface area contributed by atoms with Gasteiger partial charge in [0.25, 0.3) is 0 Å². The number of anilines is 2. The van der Waals surface area contributed by atoms with E-state index in [0.29, 0.717) is 34.3 Å². The van der Waals surface area contributed by atoms with Crippen LogP contribution in [0.3, 0.4) is 0 Å². The number of hydrogen-bond acceptors (Lipinski definition) is 5. The Bertz CT molecular complexity index is 1270. The lowest BCUT2D eigenvalue weighted by atomic mass is 10.0. The maximum absolute atomic E-state index is 13.1. The van der Waals surface area contributed by atoms with E-state index in [1.165, 1.54) is 12.1 Å². The quantitative estimate of drug-likeness (QED) is 0.334. The summed E-state index contributed by atoms with van der Waals surface area (Å²) in [6.07, 6.45) is 1.64. The van der Waals surface area contributed by atoms with E-state index in [1.54, 1.807) is 24.3 Å². The second-order valence-corrected chi connectivity index (χ2v) is 7.61. The molecule has 3 N–H and O–H groups in total. The first-order chi connectivity index (χ1) is 15.6. The number of nitrogen functional groups attached to an aromatic ring is 1. The van der Waals surface area contributed by atoms with Gasteiger partial charge in [0, 0.05) is 17.8 Å². The van der Waals surface area contributed by atoms with E-state index < -0.39 is 0 Å². The average molecular weight is 428 g/mol. The highest BCUT2D eigenvalue weighted by molar-refractivity contribution is 5.92. The van der Waals surface area contributed by atoms with Crippen LogP contribution in [0.25, 0.3) is 11.3 Å². The minimum atomic E-state index is -0.318. The van der Waals surface area contributed by atoms with E-state index in [0.717, 1.165) is 30.4 Å². The maximum Gasteiger partial charge on any atom is 0.156 e. The van der Waals surface area contributed by atoms with Gasteiger partial charge in [-0.15, -0.1) is 0 Å². The number of nitrogens with two attached hydrogens (primary N) is 1. The van der Waals surface area contributed by atoms with Gasteiger partial charge in [-0.3, -0.25) is 4.79 Å². The Kier molecular flexibility index (Phi) is 5.07. The molecule has 1 aliphatic rings. The number of carbonyl (C=O) groups is 1. The van der Waals surface area contributed by atoms with Crippen LogP contribution in [0.1, 0.15) is 28.4 Å². The molecule has 1 unspecified atom stereocenters. The van der Waals surface area contributed by atoms with Crippen LogP contribution in [0.4, 0.5) is 15.9 Å². The number of nitrogens with zero attached hydrogens (tertiary/aromatic N) is 2. The van der Waals surface area contributed by atoms with Crippen LogP contribution < -0.4 is 15.8 Å². The molecular formula is C25H21FN4O2. The zero-order valence-corrected chi connectivity index (χ0v) is 17.2. The van der Waals surface area contributed by atoms with Crippen molar-refractivity contribution in [2.24, 2.45) is 0 Å². The van der Waals surface area contributed by atoms with Gasteiger partial charge in [-0.1, -0.05) is 18.2 Å². The Morgan fingerprint density at radius 1 is 1.03 bits per heavy atom. The Labute approximate surface area is 184 Å². The van der Waals surface area contributed by atoms with E-state index in [2.05, 4.69) is 5.32 Å². The highest BCUT2D eigenvalue weighted by Crippen LogP contribution is 2.38. The fourth-order valence-corrected chi connectivity index (χ4v) is 4.04. The van der Waals surface area contributed by atoms with Crippen molar-refractivity contribution < 1.29 is 13.9 Å². The fourth-order valence-electron chi connectivity index (χ4n) is 4.04. The number of nitrogens with one attached hydrogen (secondary N) is 1. The molecule has 160 valence electrons. The summed E-state index contributed by atoms with van der Waals surface area (Å²) in [7, 11) is 0. The van der Waals surface area contributed by atoms with E-state index in [1.807, 2.05) is 41.1 Å². The van der Waals surface area contributed by atoms with Crippen molar-refractivity contribution in [3.05, 3.63) is 89.7 Å². The normalized spacial score (nSPS) is 15.0. The summed E-state index contributed by atoms with van der Waals surface area (Å²) in [5, 5.41) is 8.11. The molecule has 7 heteroatoms. The van der Waals surface area contributed by atoms with Crippen LogP contribution in [0.15, 0.2) is 72.8 Å². The first kappa shape index (κ1) is 19.8. The van der Waals surface area contributed by atoms with Gasteiger partial charge in [-0.25, -0.2) is 9.07 Å². The molecule has 0 spiro atoms. The first-order valence-electron chi connectivity index (χ1n) is 10.3. The number of benzene rings is 3. The van der Waals surface area contributed by atoms with Gasteiger partial charge in [0.15, 0.2) is 6.29 Å². The number of carbonyl (C=O) groups excluding carboxylic acids is 1. The average Bonchev–Trinajstić information content (AvgIpc) is 3.20. The Hall–Kier alpha value is -4.13. The van der Waals surface area contributed by atoms with Crippen LogP contribution in [-0.4, -0.2) is 22.6 Å². The summed E-state index contributed by atoms with van der Waals surface area (Å²) in [5.41, 5.74) is 9.81. The topological polar surface area (TPSA) is 82.2 Å². The van der Waals surface area contributed by atoms with E-state index >= 15 is 0 Å². The number of halogens is 1. The van der Waals surface area contributed by atoms with Crippen molar-refractivity contribution >= 4 is 17.8 Å². The SMILES string of the molecule is Nc1ccccc1C1CCNc2c(C=O)c(-c3ccc(Oc4ccc(F)cc4)cc3)nn21. The Morgan fingerprint density at radius 2 is 1.72 bits per heavy atom. The van der Waals surface area contributed by atoms with Gasteiger partial charge in [0.2, 0.25) is 0 Å². The lowest BCUT2D eigenvalue weighted by Gasteiger charge is -2.27. The van der Waals surface area contributed by atoms with Crippen LogP contribution in [0, 0.1) is 5.82 Å². The summed E-state index contributed by atoms with van der Waals surface area (Å²) in [4.78, 5) is 12.0. The van der Waals surface area contributed by atoms with E-state index in [4.69, 9.17) is 15.6 Å². The van der Waals surface area contributed by atoms with Crippen molar-refractivity contribution in [3.8, 4) is 22.8 Å². The third-order valence-corrected chi connectivity index (χ3v) is 5.60. The fraction of sp³-hybridized carbons (Fsp3) is 0.120. The third-order valence-electron chi connectivity index (χ3n) is 5.60. The third kappa shape index (κ3) is 3.58. The van der Waals surface area contributed by atoms with Gasteiger partial charge in [-0.2, -0.15) is 5.10 Å². The zero-order chi connectivity index (χ0) is 22.1. The number of hydrogen-bond donors (Lipinski definition) is 2. The Balaban J connectivity index is 1.48. The molecule has 2 heterocycles. The van der Waals surface area contributed by atoms with E-state index in [-0.39, 0.29) is 11.9 Å². The van der Waals surface area contributed by atoms with Crippen molar-refractivity contribution in [2.45, 2.75) is 12.5 Å². The molecule has 3 aromatic carbocycles. The monoisotopic (exact) mass is 428 g/mol. The van der Waals surface area contributed by atoms with Gasteiger partial charge >= 0.3 is 0 Å². The summed E-state index contributed by atoms with van der Waals surface area (Å²) >= 11 is 0. The number of para-hydroxylation sites is 1. The molecule has 4 aromatic rings. The molecule has 0 saturated carbocycles. The molecule has 5 rings (SSSR count). The maximum atomic E-state index is 13.1. The van der Waals surface area contributed by atoms with Gasteiger partial charge in [-0.05, 0) is 66.6 Å². The summed E-state index contributed by atoms with van der Waals surface area (Å²) < 4.78 is 20.7. The minimum absolute atomic E-state index is 0.0546. The molecule has 0 bridgehead atoms. The number of aldehydes is 1. The van der Waals surface area contributed by atoms with Gasteiger partial charge < -0.3 is 15.8 Å².